The number of tetrazole rings is 1. The lowest BCUT2D eigenvalue weighted by Crippen LogP contribution is -2.48. The number of aryl methyl sites for hydroxylation is 1. The normalized spacial score (nSPS) is 21.3. The summed E-state index contributed by atoms with van der Waals surface area (Å²) in [5.74, 6) is 1.01. The summed E-state index contributed by atoms with van der Waals surface area (Å²) in [6, 6.07) is 6.91. The highest BCUT2D eigenvalue weighted by molar-refractivity contribution is 5.56. The van der Waals surface area contributed by atoms with Gasteiger partial charge in [0, 0.05) is 38.5 Å². The molecule has 0 spiro atoms. The van der Waals surface area contributed by atoms with Crippen molar-refractivity contribution in [2.24, 2.45) is 0 Å². The Kier molecular flexibility index (Phi) is 7.00. The first kappa shape index (κ1) is 21.2. The second kappa shape index (κ2) is 9.88. The maximum Gasteiger partial charge on any atom is 0.168 e. The molecule has 1 aromatic heterocycles. The monoisotopic (exact) mass is 412 g/mol. The Bertz CT molecular complexity index is 808. The third-order valence-electron chi connectivity index (χ3n) is 6.76. The SMILES string of the molecule is CCCC[C@@H](c1nnnn1C[C@H]1CCCO1)N1CCN(c2cccc(C)c2C)CC1. The van der Waals surface area contributed by atoms with Crippen molar-refractivity contribution in [3.05, 3.63) is 35.2 Å². The summed E-state index contributed by atoms with van der Waals surface area (Å²) in [5.41, 5.74) is 4.14. The maximum atomic E-state index is 5.83. The van der Waals surface area contributed by atoms with Crippen LogP contribution in [0.15, 0.2) is 18.2 Å². The van der Waals surface area contributed by atoms with Gasteiger partial charge in [-0.15, -0.1) is 5.10 Å². The third kappa shape index (κ3) is 4.67. The molecule has 3 heterocycles. The Morgan fingerprint density at radius 2 is 2.00 bits per heavy atom. The molecule has 0 aliphatic carbocycles. The molecule has 7 nitrogen and oxygen atoms in total. The van der Waals surface area contributed by atoms with Crippen molar-refractivity contribution in [3.63, 3.8) is 0 Å². The van der Waals surface area contributed by atoms with Gasteiger partial charge >= 0.3 is 0 Å². The Morgan fingerprint density at radius 1 is 1.17 bits per heavy atom. The lowest BCUT2D eigenvalue weighted by atomic mass is 10.0. The molecule has 30 heavy (non-hydrogen) atoms. The van der Waals surface area contributed by atoms with E-state index in [9.17, 15) is 0 Å². The molecule has 2 aliphatic rings. The molecular formula is C23H36N6O. The smallest absolute Gasteiger partial charge is 0.168 e. The van der Waals surface area contributed by atoms with E-state index in [1.165, 1.54) is 29.7 Å². The Balaban J connectivity index is 1.46. The highest BCUT2D eigenvalue weighted by atomic mass is 16.5. The number of nitrogens with zero attached hydrogens (tertiary/aromatic N) is 6. The van der Waals surface area contributed by atoms with E-state index in [2.05, 4.69) is 64.3 Å². The number of benzene rings is 1. The maximum absolute atomic E-state index is 5.83. The Morgan fingerprint density at radius 3 is 2.73 bits per heavy atom. The quantitative estimate of drug-likeness (QED) is 0.661. The summed E-state index contributed by atoms with van der Waals surface area (Å²) in [4.78, 5) is 5.13. The van der Waals surface area contributed by atoms with E-state index in [4.69, 9.17) is 4.74 Å². The molecule has 2 saturated heterocycles. The number of ether oxygens (including phenoxy) is 1. The van der Waals surface area contributed by atoms with Crippen LogP contribution < -0.4 is 4.90 Å². The van der Waals surface area contributed by atoms with Gasteiger partial charge in [0.15, 0.2) is 5.82 Å². The first-order valence-electron chi connectivity index (χ1n) is 11.6. The summed E-state index contributed by atoms with van der Waals surface area (Å²) in [7, 11) is 0. The molecule has 0 radical (unpaired) electrons. The van der Waals surface area contributed by atoms with Gasteiger partial charge < -0.3 is 9.64 Å². The predicted molar refractivity (Wildman–Crippen MR) is 119 cm³/mol. The Hall–Kier alpha value is -1.99. The fourth-order valence-electron chi connectivity index (χ4n) is 4.79. The van der Waals surface area contributed by atoms with E-state index in [0.29, 0.717) is 0 Å². The van der Waals surface area contributed by atoms with Gasteiger partial charge in [0.2, 0.25) is 0 Å². The number of piperazine rings is 1. The fourth-order valence-corrected chi connectivity index (χ4v) is 4.79. The molecule has 4 rings (SSSR count). The highest BCUT2D eigenvalue weighted by Crippen LogP contribution is 2.29. The molecule has 0 unspecified atom stereocenters. The van der Waals surface area contributed by atoms with E-state index >= 15 is 0 Å². The van der Waals surface area contributed by atoms with Gasteiger partial charge in [-0.2, -0.15) is 0 Å². The van der Waals surface area contributed by atoms with Crippen LogP contribution in [0.3, 0.4) is 0 Å². The highest BCUT2D eigenvalue weighted by Gasteiger charge is 2.30. The molecule has 2 aromatic rings. The first-order valence-corrected chi connectivity index (χ1v) is 11.6. The minimum absolute atomic E-state index is 0.250. The van der Waals surface area contributed by atoms with Crippen LogP contribution in [0.4, 0.5) is 5.69 Å². The molecular weight excluding hydrogens is 376 g/mol. The van der Waals surface area contributed by atoms with Crippen molar-refractivity contribution in [1.82, 2.24) is 25.1 Å². The van der Waals surface area contributed by atoms with Gasteiger partial charge in [0.25, 0.3) is 0 Å². The summed E-state index contributed by atoms with van der Waals surface area (Å²) in [6.45, 7) is 12.5. The predicted octanol–water partition coefficient (Wildman–Crippen LogP) is 3.52. The zero-order valence-corrected chi connectivity index (χ0v) is 18.8. The van der Waals surface area contributed by atoms with Crippen molar-refractivity contribution >= 4 is 5.69 Å². The second-order valence-electron chi connectivity index (χ2n) is 8.75. The first-order chi connectivity index (χ1) is 14.7. The van der Waals surface area contributed by atoms with E-state index in [0.717, 1.165) is 64.4 Å². The van der Waals surface area contributed by atoms with Gasteiger partial charge in [0.1, 0.15) is 0 Å². The minimum Gasteiger partial charge on any atom is -0.376 e. The summed E-state index contributed by atoms with van der Waals surface area (Å²) in [6.07, 6.45) is 5.97. The van der Waals surface area contributed by atoms with Crippen LogP contribution in [0.1, 0.15) is 62.0 Å². The van der Waals surface area contributed by atoms with E-state index < -0.39 is 0 Å². The number of aromatic nitrogens is 4. The zero-order chi connectivity index (χ0) is 20.9. The molecule has 2 atom stereocenters. The van der Waals surface area contributed by atoms with Crippen molar-refractivity contribution in [2.75, 3.05) is 37.7 Å². The summed E-state index contributed by atoms with van der Waals surface area (Å²) in [5, 5.41) is 12.8. The molecule has 0 bridgehead atoms. The minimum atomic E-state index is 0.250. The Labute approximate surface area is 180 Å². The molecule has 0 N–H and O–H groups in total. The zero-order valence-electron chi connectivity index (χ0n) is 18.8. The van der Waals surface area contributed by atoms with Crippen LogP contribution in [0.5, 0.6) is 0 Å². The van der Waals surface area contributed by atoms with Crippen molar-refractivity contribution in [3.8, 4) is 0 Å². The van der Waals surface area contributed by atoms with Crippen molar-refractivity contribution in [1.29, 1.82) is 0 Å². The van der Waals surface area contributed by atoms with Crippen LogP contribution in [0, 0.1) is 13.8 Å². The fraction of sp³-hybridized carbons (Fsp3) is 0.696. The van der Waals surface area contributed by atoms with Crippen molar-refractivity contribution < 1.29 is 4.74 Å². The van der Waals surface area contributed by atoms with Crippen LogP contribution in [0.2, 0.25) is 0 Å². The van der Waals surface area contributed by atoms with Gasteiger partial charge in [-0.1, -0.05) is 31.9 Å². The second-order valence-corrected chi connectivity index (χ2v) is 8.75. The lowest BCUT2D eigenvalue weighted by Gasteiger charge is -2.40. The number of unbranched alkanes of at least 4 members (excludes halogenated alkanes) is 1. The van der Waals surface area contributed by atoms with E-state index in [1.54, 1.807) is 0 Å². The summed E-state index contributed by atoms with van der Waals surface area (Å²) >= 11 is 0. The molecule has 2 fully saturated rings. The number of anilines is 1. The number of rotatable bonds is 8. The average Bonchev–Trinajstić information content (AvgIpc) is 3.44. The standard InChI is InChI=1S/C23H36N6O/c1-4-5-10-22(23-24-25-26-29(23)17-20-9-7-16-30-20)28-14-12-27(13-15-28)21-11-6-8-18(2)19(21)3/h6,8,11,20,22H,4-5,7,9-10,12-17H2,1-3H3/t20-,22+/m1/s1. The average molecular weight is 413 g/mol. The van der Waals surface area contributed by atoms with Gasteiger partial charge in [0.05, 0.1) is 18.7 Å². The van der Waals surface area contributed by atoms with Crippen LogP contribution >= 0.6 is 0 Å². The van der Waals surface area contributed by atoms with E-state index in [-0.39, 0.29) is 12.1 Å². The molecule has 2 aliphatic heterocycles. The third-order valence-corrected chi connectivity index (χ3v) is 6.76. The molecule has 0 saturated carbocycles. The van der Waals surface area contributed by atoms with Gasteiger partial charge in [-0.05, 0) is 60.7 Å². The van der Waals surface area contributed by atoms with Gasteiger partial charge in [-0.25, -0.2) is 4.68 Å². The van der Waals surface area contributed by atoms with Crippen molar-refractivity contribution in [2.45, 2.75) is 71.6 Å². The van der Waals surface area contributed by atoms with Crippen LogP contribution in [-0.2, 0) is 11.3 Å². The topological polar surface area (TPSA) is 59.3 Å². The molecule has 7 heteroatoms. The molecule has 1 aromatic carbocycles. The van der Waals surface area contributed by atoms with Gasteiger partial charge in [-0.3, -0.25) is 4.90 Å². The lowest BCUT2D eigenvalue weighted by molar-refractivity contribution is 0.0890. The van der Waals surface area contributed by atoms with Crippen LogP contribution in [0.25, 0.3) is 0 Å². The largest absolute Gasteiger partial charge is 0.376 e. The number of hydrogen-bond acceptors (Lipinski definition) is 6. The molecule has 0 amide bonds. The summed E-state index contributed by atoms with van der Waals surface area (Å²) < 4.78 is 7.84. The van der Waals surface area contributed by atoms with Crippen LogP contribution in [-0.4, -0.2) is 64.0 Å². The van der Waals surface area contributed by atoms with E-state index in [1.807, 2.05) is 4.68 Å². The molecule has 164 valence electrons. The number of hydrogen-bond donors (Lipinski definition) is 0.